The van der Waals surface area contributed by atoms with Crippen LogP contribution in [0.5, 0.6) is 0 Å². The topological polar surface area (TPSA) is 139 Å². The summed E-state index contributed by atoms with van der Waals surface area (Å²) in [5.74, 6) is -4.06. The molecule has 2 aliphatic heterocycles. The lowest BCUT2D eigenvalue weighted by atomic mass is 9.42. The van der Waals surface area contributed by atoms with Gasteiger partial charge in [-0.2, -0.15) is 0 Å². The molecule has 2 saturated carbocycles. The SMILES string of the molecule is CC(=O)O[C@@H]1[C@H]2C(=O)OC[C@]23CC[C@@H]2C(=O)O[C@@H](c4ccoc4)[C@H](OC(C)=O)[C@]2(C)[C@H]3C[C@@H]1O. The number of ether oxygens (including phenoxy) is 4. The number of carbonyl (C=O) groups is 4. The van der Waals surface area contributed by atoms with E-state index in [1.54, 1.807) is 6.07 Å². The molecule has 4 aliphatic rings. The number of furan rings is 1. The number of cyclic esters (lactones) is 2. The van der Waals surface area contributed by atoms with E-state index in [9.17, 15) is 24.3 Å². The Bertz CT molecular complexity index is 1020. The van der Waals surface area contributed by atoms with Crippen LogP contribution in [-0.2, 0) is 38.1 Å². The van der Waals surface area contributed by atoms with Gasteiger partial charge in [0.2, 0.25) is 0 Å². The fourth-order valence-corrected chi connectivity index (χ4v) is 7.22. The van der Waals surface area contributed by atoms with Gasteiger partial charge < -0.3 is 28.5 Å². The highest BCUT2D eigenvalue weighted by molar-refractivity contribution is 5.79. The molecule has 5 rings (SSSR count). The second-order valence-corrected chi connectivity index (χ2v) is 10.1. The van der Waals surface area contributed by atoms with E-state index in [0.717, 1.165) is 0 Å². The van der Waals surface area contributed by atoms with Crippen LogP contribution in [0.2, 0.25) is 0 Å². The van der Waals surface area contributed by atoms with Crippen LogP contribution in [0, 0.1) is 28.6 Å². The maximum Gasteiger partial charge on any atom is 0.313 e. The largest absolute Gasteiger partial charge is 0.472 e. The Hall–Kier alpha value is -2.88. The number of rotatable bonds is 3. The summed E-state index contributed by atoms with van der Waals surface area (Å²) in [6.45, 7) is 4.46. The summed E-state index contributed by atoms with van der Waals surface area (Å²) in [6.07, 6.45) is -0.164. The fraction of sp³-hybridized carbons (Fsp3) is 0.667. The number of aliphatic hydroxyl groups excluding tert-OH is 1. The number of hydrogen-bond acceptors (Lipinski definition) is 10. The van der Waals surface area contributed by atoms with Crippen molar-refractivity contribution in [3.63, 3.8) is 0 Å². The Kier molecular flexibility index (Phi) is 5.27. The predicted molar refractivity (Wildman–Crippen MR) is 110 cm³/mol. The minimum atomic E-state index is -1.16. The van der Waals surface area contributed by atoms with Crippen molar-refractivity contribution in [2.24, 2.45) is 28.6 Å². The first-order valence-corrected chi connectivity index (χ1v) is 11.5. The summed E-state index contributed by atoms with van der Waals surface area (Å²) in [7, 11) is 0. The van der Waals surface area contributed by atoms with Crippen molar-refractivity contribution < 1.29 is 47.6 Å². The van der Waals surface area contributed by atoms with Gasteiger partial charge in [-0.1, -0.05) is 6.92 Å². The first-order chi connectivity index (χ1) is 16.1. The zero-order valence-electron chi connectivity index (χ0n) is 19.2. The van der Waals surface area contributed by atoms with Gasteiger partial charge in [0, 0.05) is 30.2 Å². The average molecular weight is 476 g/mol. The molecule has 3 heterocycles. The fourth-order valence-electron chi connectivity index (χ4n) is 7.22. The van der Waals surface area contributed by atoms with E-state index in [2.05, 4.69) is 0 Å². The molecule has 2 saturated heterocycles. The van der Waals surface area contributed by atoms with E-state index in [-0.39, 0.29) is 13.0 Å². The molecule has 34 heavy (non-hydrogen) atoms. The van der Waals surface area contributed by atoms with Gasteiger partial charge in [-0.05, 0) is 31.2 Å². The molecular formula is C24H28O10. The van der Waals surface area contributed by atoms with Crippen molar-refractivity contribution in [3.05, 3.63) is 24.2 Å². The quantitative estimate of drug-likeness (QED) is 0.506. The summed E-state index contributed by atoms with van der Waals surface area (Å²) in [5.41, 5.74) is -1.24. The third kappa shape index (κ3) is 3.10. The zero-order chi connectivity index (χ0) is 24.4. The number of aliphatic hydroxyl groups is 1. The number of fused-ring (bicyclic) bond motifs is 2. The van der Waals surface area contributed by atoms with Crippen molar-refractivity contribution in [2.75, 3.05) is 6.61 Å². The Morgan fingerprint density at radius 1 is 1.15 bits per heavy atom. The highest BCUT2D eigenvalue weighted by Gasteiger charge is 2.74. The predicted octanol–water partition coefficient (Wildman–Crippen LogP) is 1.70. The maximum absolute atomic E-state index is 13.3. The molecule has 1 aromatic heterocycles. The molecule has 1 aromatic rings. The number of esters is 4. The van der Waals surface area contributed by atoms with Gasteiger partial charge in [0.15, 0.2) is 6.10 Å². The number of hydrogen-bond donors (Lipinski definition) is 1. The molecule has 0 amide bonds. The van der Waals surface area contributed by atoms with E-state index >= 15 is 0 Å². The molecule has 4 fully saturated rings. The van der Waals surface area contributed by atoms with Gasteiger partial charge >= 0.3 is 23.9 Å². The molecule has 0 radical (unpaired) electrons. The summed E-state index contributed by atoms with van der Waals surface area (Å²) in [4.78, 5) is 50.2. The lowest BCUT2D eigenvalue weighted by Crippen LogP contribution is -2.68. The third-order valence-corrected chi connectivity index (χ3v) is 8.52. The lowest BCUT2D eigenvalue weighted by Gasteiger charge is -2.63. The van der Waals surface area contributed by atoms with Crippen LogP contribution in [0.3, 0.4) is 0 Å². The molecule has 10 heteroatoms. The van der Waals surface area contributed by atoms with Crippen molar-refractivity contribution >= 4 is 23.9 Å². The number of carbonyl (C=O) groups excluding carboxylic acids is 4. The zero-order valence-corrected chi connectivity index (χ0v) is 19.2. The van der Waals surface area contributed by atoms with Gasteiger partial charge in [-0.15, -0.1) is 0 Å². The monoisotopic (exact) mass is 476 g/mol. The Morgan fingerprint density at radius 3 is 2.53 bits per heavy atom. The second-order valence-electron chi connectivity index (χ2n) is 10.1. The van der Waals surface area contributed by atoms with Crippen LogP contribution in [0.1, 0.15) is 51.7 Å². The van der Waals surface area contributed by atoms with E-state index in [4.69, 9.17) is 23.4 Å². The Balaban J connectivity index is 1.64. The van der Waals surface area contributed by atoms with E-state index < -0.39 is 76.9 Å². The van der Waals surface area contributed by atoms with Crippen LogP contribution in [0.4, 0.5) is 0 Å². The van der Waals surface area contributed by atoms with E-state index in [1.807, 2.05) is 6.92 Å². The Morgan fingerprint density at radius 2 is 1.88 bits per heavy atom. The van der Waals surface area contributed by atoms with Crippen molar-refractivity contribution in [3.8, 4) is 0 Å². The summed E-state index contributed by atoms with van der Waals surface area (Å²) in [5, 5.41) is 11.1. The highest BCUT2D eigenvalue weighted by atomic mass is 16.6. The molecule has 1 N–H and O–H groups in total. The van der Waals surface area contributed by atoms with Crippen molar-refractivity contribution in [2.45, 2.75) is 64.4 Å². The van der Waals surface area contributed by atoms with Crippen LogP contribution >= 0.6 is 0 Å². The molecule has 184 valence electrons. The van der Waals surface area contributed by atoms with Crippen LogP contribution < -0.4 is 0 Å². The third-order valence-electron chi connectivity index (χ3n) is 8.52. The molecule has 0 bridgehead atoms. The summed E-state index contributed by atoms with van der Waals surface area (Å²) in [6, 6.07) is 1.65. The molecule has 2 aliphatic carbocycles. The molecule has 10 nitrogen and oxygen atoms in total. The van der Waals surface area contributed by atoms with Crippen LogP contribution in [0.15, 0.2) is 23.0 Å². The van der Waals surface area contributed by atoms with E-state index in [1.165, 1.54) is 26.4 Å². The average Bonchev–Trinajstić information content (AvgIpc) is 3.40. The van der Waals surface area contributed by atoms with Crippen LogP contribution in [-0.4, -0.2) is 53.9 Å². The molecule has 0 aromatic carbocycles. The molecule has 9 atom stereocenters. The summed E-state index contributed by atoms with van der Waals surface area (Å²) >= 11 is 0. The van der Waals surface area contributed by atoms with Crippen molar-refractivity contribution in [1.29, 1.82) is 0 Å². The van der Waals surface area contributed by atoms with Gasteiger partial charge in [-0.3, -0.25) is 19.2 Å². The molecular weight excluding hydrogens is 448 g/mol. The molecule has 0 unspecified atom stereocenters. The minimum absolute atomic E-state index is 0.0756. The smallest absolute Gasteiger partial charge is 0.313 e. The first kappa shape index (κ1) is 22.9. The van der Waals surface area contributed by atoms with Crippen LogP contribution in [0.25, 0.3) is 0 Å². The maximum atomic E-state index is 13.3. The highest BCUT2D eigenvalue weighted by Crippen LogP contribution is 2.68. The molecule has 1 spiro atoms. The van der Waals surface area contributed by atoms with Gasteiger partial charge in [-0.25, -0.2) is 0 Å². The van der Waals surface area contributed by atoms with E-state index in [0.29, 0.717) is 18.4 Å². The van der Waals surface area contributed by atoms with Gasteiger partial charge in [0.05, 0.1) is 31.2 Å². The van der Waals surface area contributed by atoms with Crippen molar-refractivity contribution in [1.82, 2.24) is 0 Å². The summed E-state index contributed by atoms with van der Waals surface area (Å²) < 4.78 is 27.7. The second kappa shape index (κ2) is 7.83. The standard InChI is InChI=1S/C24H28O10/c1-11(25)32-19-15(27)8-16-23(3)14(4-6-24(16)10-31-22(29)17(19)24)21(28)34-18(13-5-7-30-9-13)20(23)33-12(2)26/h5,7,9,14-20,27H,4,6,8,10H2,1-3H3/t14-,15+,16-,17+,18+,19+,20+,23+,24+/m1/s1. The minimum Gasteiger partial charge on any atom is -0.472 e. The van der Waals surface area contributed by atoms with Gasteiger partial charge in [0.25, 0.3) is 0 Å². The first-order valence-electron chi connectivity index (χ1n) is 11.5. The van der Waals surface area contributed by atoms with Gasteiger partial charge in [0.1, 0.15) is 18.1 Å². The normalized spacial score (nSPS) is 43.0. The Labute approximate surface area is 195 Å². The lowest BCUT2D eigenvalue weighted by molar-refractivity contribution is -0.258.